The SMILES string of the molecule is COc1ccc(OC)c(S(=O)(=O)N2CN(CCN)c3ncccc32)c1. The third-order valence-corrected chi connectivity index (χ3v) is 5.74. The van der Waals surface area contributed by atoms with Gasteiger partial charge in [-0.25, -0.2) is 17.7 Å². The van der Waals surface area contributed by atoms with Crippen molar-refractivity contribution in [3.05, 3.63) is 36.5 Å². The topological polar surface area (TPSA) is 98.0 Å². The van der Waals surface area contributed by atoms with Gasteiger partial charge in [0.25, 0.3) is 10.0 Å². The number of hydrogen-bond donors (Lipinski definition) is 1. The van der Waals surface area contributed by atoms with Crippen molar-refractivity contribution in [3.8, 4) is 11.5 Å². The maximum absolute atomic E-state index is 13.3. The summed E-state index contributed by atoms with van der Waals surface area (Å²) < 4.78 is 38.3. The highest BCUT2D eigenvalue weighted by atomic mass is 32.2. The first kappa shape index (κ1) is 17.3. The van der Waals surface area contributed by atoms with Crippen LogP contribution in [0.2, 0.25) is 0 Å². The lowest BCUT2D eigenvalue weighted by Gasteiger charge is -2.22. The molecule has 134 valence electrons. The van der Waals surface area contributed by atoms with E-state index in [-0.39, 0.29) is 17.3 Å². The summed E-state index contributed by atoms with van der Waals surface area (Å²) in [6.45, 7) is 1.05. The molecule has 0 spiro atoms. The fourth-order valence-electron chi connectivity index (χ4n) is 2.77. The molecule has 8 nitrogen and oxygen atoms in total. The Morgan fingerprint density at radius 3 is 2.72 bits per heavy atom. The molecule has 0 saturated carbocycles. The number of fused-ring (bicyclic) bond motifs is 1. The van der Waals surface area contributed by atoms with Crippen LogP contribution >= 0.6 is 0 Å². The number of ether oxygens (including phenoxy) is 2. The molecule has 2 heterocycles. The number of pyridine rings is 1. The Morgan fingerprint density at radius 2 is 2.04 bits per heavy atom. The maximum Gasteiger partial charge on any atom is 0.269 e. The number of nitrogens with zero attached hydrogens (tertiary/aromatic N) is 3. The van der Waals surface area contributed by atoms with Gasteiger partial charge < -0.3 is 20.1 Å². The fraction of sp³-hybridized carbons (Fsp3) is 0.312. The Morgan fingerprint density at radius 1 is 1.24 bits per heavy atom. The molecule has 0 bridgehead atoms. The Bertz CT molecular complexity index is 872. The van der Waals surface area contributed by atoms with Crippen molar-refractivity contribution >= 4 is 21.5 Å². The molecule has 0 saturated heterocycles. The quantitative estimate of drug-likeness (QED) is 0.817. The van der Waals surface area contributed by atoms with Gasteiger partial charge in [0.15, 0.2) is 5.82 Å². The van der Waals surface area contributed by atoms with Crippen molar-refractivity contribution in [2.45, 2.75) is 4.90 Å². The smallest absolute Gasteiger partial charge is 0.269 e. The predicted molar refractivity (Wildman–Crippen MR) is 94.7 cm³/mol. The first-order valence-corrected chi connectivity index (χ1v) is 9.11. The predicted octanol–water partition coefficient (Wildman–Crippen LogP) is 1.03. The minimum absolute atomic E-state index is 0.0405. The number of methoxy groups -OCH3 is 2. The van der Waals surface area contributed by atoms with Crippen LogP contribution < -0.4 is 24.4 Å². The van der Waals surface area contributed by atoms with Crippen molar-refractivity contribution in [1.29, 1.82) is 0 Å². The summed E-state index contributed by atoms with van der Waals surface area (Å²) in [6.07, 6.45) is 1.63. The zero-order valence-corrected chi connectivity index (χ0v) is 14.9. The molecule has 0 radical (unpaired) electrons. The van der Waals surface area contributed by atoms with Gasteiger partial charge in [-0.2, -0.15) is 0 Å². The van der Waals surface area contributed by atoms with E-state index in [1.807, 2.05) is 4.90 Å². The molecule has 2 N–H and O–H groups in total. The third kappa shape index (κ3) is 2.96. The van der Waals surface area contributed by atoms with Crippen LogP contribution in [-0.4, -0.2) is 47.4 Å². The first-order chi connectivity index (χ1) is 12.0. The molecule has 9 heteroatoms. The van der Waals surface area contributed by atoms with Crippen LogP contribution in [0.1, 0.15) is 0 Å². The Labute approximate surface area is 146 Å². The van der Waals surface area contributed by atoms with Crippen molar-refractivity contribution in [2.75, 3.05) is 43.2 Å². The van der Waals surface area contributed by atoms with E-state index in [0.29, 0.717) is 30.3 Å². The van der Waals surface area contributed by atoms with E-state index in [9.17, 15) is 8.42 Å². The highest BCUT2D eigenvalue weighted by Gasteiger charge is 2.37. The molecule has 0 unspecified atom stereocenters. The Kier molecular flexibility index (Phi) is 4.69. The molecule has 0 atom stereocenters. The van der Waals surface area contributed by atoms with Crippen LogP contribution in [0.25, 0.3) is 0 Å². The van der Waals surface area contributed by atoms with Gasteiger partial charge in [-0.1, -0.05) is 0 Å². The molecule has 1 aromatic carbocycles. The van der Waals surface area contributed by atoms with E-state index in [0.717, 1.165) is 0 Å². The van der Waals surface area contributed by atoms with E-state index < -0.39 is 10.0 Å². The van der Waals surface area contributed by atoms with E-state index in [1.54, 1.807) is 30.5 Å². The first-order valence-electron chi connectivity index (χ1n) is 7.67. The summed E-state index contributed by atoms with van der Waals surface area (Å²) in [5.74, 6) is 1.28. The van der Waals surface area contributed by atoms with Crippen molar-refractivity contribution in [2.24, 2.45) is 5.73 Å². The second-order valence-electron chi connectivity index (χ2n) is 5.41. The standard InChI is InChI=1S/C16H20N4O4S/c1-23-12-5-6-14(24-2)15(10-12)25(21,22)20-11-19(9-7-17)16-13(20)4-3-8-18-16/h3-6,8,10H,7,9,11,17H2,1-2H3. The van der Waals surface area contributed by atoms with Crippen molar-refractivity contribution in [3.63, 3.8) is 0 Å². The molecule has 3 rings (SSSR count). The molecular weight excluding hydrogens is 344 g/mol. The number of hydrogen-bond acceptors (Lipinski definition) is 7. The van der Waals surface area contributed by atoms with Crippen LogP contribution in [0.3, 0.4) is 0 Å². The van der Waals surface area contributed by atoms with E-state index in [2.05, 4.69) is 4.98 Å². The average molecular weight is 364 g/mol. The number of rotatable bonds is 6. The molecule has 0 aliphatic carbocycles. The lowest BCUT2D eigenvalue weighted by molar-refractivity contribution is 0.392. The number of anilines is 2. The van der Waals surface area contributed by atoms with Crippen LogP contribution in [0.15, 0.2) is 41.4 Å². The number of nitrogens with two attached hydrogens (primary N) is 1. The van der Waals surface area contributed by atoms with Gasteiger partial charge in [-0.3, -0.25) is 0 Å². The van der Waals surface area contributed by atoms with Crippen molar-refractivity contribution in [1.82, 2.24) is 4.98 Å². The molecule has 25 heavy (non-hydrogen) atoms. The molecule has 1 aliphatic heterocycles. The van der Waals surface area contributed by atoms with E-state index in [1.165, 1.54) is 24.6 Å². The highest BCUT2D eigenvalue weighted by molar-refractivity contribution is 7.93. The lowest BCUT2D eigenvalue weighted by Crippen LogP contribution is -2.37. The Hall–Kier alpha value is -2.52. The molecule has 2 aromatic rings. The Balaban J connectivity index is 2.10. The van der Waals surface area contributed by atoms with Gasteiger partial charge >= 0.3 is 0 Å². The maximum atomic E-state index is 13.3. The summed E-state index contributed by atoms with van der Waals surface area (Å²) >= 11 is 0. The van der Waals surface area contributed by atoms with Gasteiger partial charge in [0.05, 0.1) is 19.9 Å². The largest absolute Gasteiger partial charge is 0.497 e. The third-order valence-electron chi connectivity index (χ3n) is 3.97. The lowest BCUT2D eigenvalue weighted by atomic mass is 10.3. The number of aromatic nitrogens is 1. The molecule has 0 amide bonds. The van der Waals surface area contributed by atoms with Gasteiger partial charge in [0, 0.05) is 25.4 Å². The summed E-state index contributed by atoms with van der Waals surface area (Å²) in [6, 6.07) is 8.11. The van der Waals surface area contributed by atoms with Gasteiger partial charge in [0.1, 0.15) is 23.1 Å². The minimum atomic E-state index is -3.87. The molecule has 1 aromatic heterocycles. The minimum Gasteiger partial charge on any atom is -0.497 e. The normalized spacial score (nSPS) is 13.7. The van der Waals surface area contributed by atoms with Crippen molar-refractivity contribution < 1.29 is 17.9 Å². The summed E-state index contributed by atoms with van der Waals surface area (Å²) in [4.78, 5) is 6.17. The number of sulfonamides is 1. The second kappa shape index (κ2) is 6.77. The summed E-state index contributed by atoms with van der Waals surface area (Å²) in [7, 11) is -0.959. The summed E-state index contributed by atoms with van der Waals surface area (Å²) in [5, 5.41) is 0. The van der Waals surface area contributed by atoms with Gasteiger partial charge in [-0.05, 0) is 24.3 Å². The molecule has 0 fully saturated rings. The number of benzene rings is 1. The molecular formula is C16H20N4O4S. The van der Waals surface area contributed by atoms with E-state index >= 15 is 0 Å². The fourth-order valence-corrected chi connectivity index (χ4v) is 4.37. The van der Waals surface area contributed by atoms with Gasteiger partial charge in [-0.15, -0.1) is 0 Å². The van der Waals surface area contributed by atoms with Crippen LogP contribution in [-0.2, 0) is 10.0 Å². The monoisotopic (exact) mass is 364 g/mol. The average Bonchev–Trinajstić information content (AvgIpc) is 3.01. The van der Waals surface area contributed by atoms with E-state index in [4.69, 9.17) is 15.2 Å². The highest BCUT2D eigenvalue weighted by Crippen LogP contribution is 2.39. The second-order valence-corrected chi connectivity index (χ2v) is 7.24. The van der Waals surface area contributed by atoms with Gasteiger partial charge in [0.2, 0.25) is 0 Å². The van der Waals surface area contributed by atoms with Crippen LogP contribution in [0, 0.1) is 0 Å². The summed E-state index contributed by atoms with van der Waals surface area (Å²) in [5.41, 5.74) is 6.16. The molecule has 1 aliphatic rings. The van der Waals surface area contributed by atoms with Crippen LogP contribution in [0.4, 0.5) is 11.5 Å². The zero-order chi connectivity index (χ0) is 18.0. The van der Waals surface area contributed by atoms with Crippen LogP contribution in [0.5, 0.6) is 11.5 Å². The zero-order valence-electron chi connectivity index (χ0n) is 14.0.